The van der Waals surface area contributed by atoms with Crippen molar-refractivity contribution in [2.24, 2.45) is 5.73 Å². The minimum Gasteiger partial charge on any atom is -0.368 e. The maximum atomic E-state index is 14.9. The zero-order chi connectivity index (χ0) is 51.5. The third kappa shape index (κ3) is 19.7. The van der Waals surface area contributed by atoms with Crippen molar-refractivity contribution in [3.8, 4) is 0 Å². The SMILES string of the molecule is NC(=O)CN(CCc1ccccc1)C(=O)CN(CCc1ccccc1)C(=O)CN(CCc1ccccc1)C(=O)CN(CCc1ccccc1)C(=O)CN(CCc1ccccc1)C(=O)CNCCc1ccccc1. The second-order valence-electron chi connectivity index (χ2n) is 18.1. The number of carbonyl (C=O) groups is 6. The smallest absolute Gasteiger partial charge is 0.242 e. The van der Waals surface area contributed by atoms with Crippen LogP contribution >= 0.6 is 0 Å². The van der Waals surface area contributed by atoms with Crippen LogP contribution in [-0.2, 0) is 67.3 Å². The molecule has 0 fully saturated rings. The summed E-state index contributed by atoms with van der Waals surface area (Å²) in [6.07, 6.45) is 3.04. The lowest BCUT2D eigenvalue weighted by molar-refractivity contribution is -0.147. The topological polar surface area (TPSA) is 157 Å². The maximum Gasteiger partial charge on any atom is 0.242 e. The molecule has 0 radical (unpaired) electrons. The van der Waals surface area contributed by atoms with Gasteiger partial charge in [0.25, 0.3) is 0 Å². The standard InChI is InChI=1S/C60H69N7O6/c61-55(68)44-63(38-32-50-21-9-2-10-22-50)57(70)46-65(40-34-52-25-13-4-14-26-52)59(72)48-67(42-36-54-29-17-6-18-30-54)60(73)47-66(41-35-53-27-15-5-16-28-53)58(71)45-64(39-33-51-23-11-3-12-24-51)56(69)43-62-37-31-49-19-7-1-8-20-49/h1-30,62H,31-48H2,(H2,61,68). The summed E-state index contributed by atoms with van der Waals surface area (Å²) in [5.74, 6) is -2.68. The third-order valence-electron chi connectivity index (χ3n) is 12.7. The Morgan fingerprint density at radius 1 is 0.301 bits per heavy atom. The van der Waals surface area contributed by atoms with Crippen LogP contribution in [0.1, 0.15) is 33.4 Å². The van der Waals surface area contributed by atoms with E-state index < -0.39 is 29.5 Å². The fourth-order valence-corrected chi connectivity index (χ4v) is 8.43. The van der Waals surface area contributed by atoms with E-state index in [0.717, 1.165) is 39.8 Å². The van der Waals surface area contributed by atoms with E-state index in [1.54, 1.807) is 4.90 Å². The first kappa shape index (κ1) is 54.4. The van der Waals surface area contributed by atoms with Crippen LogP contribution in [-0.4, -0.2) is 138 Å². The van der Waals surface area contributed by atoms with Crippen molar-refractivity contribution < 1.29 is 28.8 Å². The zero-order valence-corrected chi connectivity index (χ0v) is 41.8. The van der Waals surface area contributed by atoms with Crippen molar-refractivity contribution >= 4 is 35.4 Å². The molecular weight excluding hydrogens is 915 g/mol. The van der Waals surface area contributed by atoms with E-state index in [2.05, 4.69) is 5.32 Å². The van der Waals surface area contributed by atoms with Gasteiger partial charge in [0.15, 0.2) is 0 Å². The van der Waals surface area contributed by atoms with Crippen LogP contribution in [0, 0.1) is 0 Å². The molecule has 0 saturated heterocycles. The van der Waals surface area contributed by atoms with Gasteiger partial charge in [-0.3, -0.25) is 28.8 Å². The van der Waals surface area contributed by atoms with Gasteiger partial charge in [-0.25, -0.2) is 0 Å². The lowest BCUT2D eigenvalue weighted by atomic mass is 10.1. The molecule has 0 aliphatic heterocycles. The lowest BCUT2D eigenvalue weighted by Crippen LogP contribution is -2.52. The summed E-state index contributed by atoms with van der Waals surface area (Å²) in [7, 11) is 0. The molecule has 6 amide bonds. The van der Waals surface area contributed by atoms with Gasteiger partial charge < -0.3 is 35.6 Å². The van der Waals surface area contributed by atoms with E-state index in [1.807, 2.05) is 182 Å². The van der Waals surface area contributed by atoms with E-state index in [4.69, 9.17) is 5.73 Å². The fraction of sp³-hybridized carbons (Fsp3) is 0.300. The average molecular weight is 984 g/mol. The van der Waals surface area contributed by atoms with E-state index in [9.17, 15) is 28.8 Å². The van der Waals surface area contributed by atoms with Crippen molar-refractivity contribution in [2.45, 2.75) is 38.5 Å². The van der Waals surface area contributed by atoms with E-state index in [-0.39, 0.29) is 77.9 Å². The van der Waals surface area contributed by atoms with Crippen LogP contribution in [0.3, 0.4) is 0 Å². The van der Waals surface area contributed by atoms with Crippen molar-refractivity contribution in [3.63, 3.8) is 0 Å². The van der Waals surface area contributed by atoms with Gasteiger partial charge in [-0.05, 0) is 78.5 Å². The molecule has 0 spiro atoms. The average Bonchev–Trinajstić information content (AvgIpc) is 3.42. The van der Waals surface area contributed by atoms with Gasteiger partial charge in [-0.15, -0.1) is 0 Å². The van der Waals surface area contributed by atoms with Gasteiger partial charge in [0.05, 0.1) is 39.3 Å². The van der Waals surface area contributed by atoms with Gasteiger partial charge >= 0.3 is 0 Å². The summed E-state index contributed by atoms with van der Waals surface area (Å²) >= 11 is 0. The molecule has 0 saturated carbocycles. The third-order valence-corrected chi connectivity index (χ3v) is 12.7. The van der Waals surface area contributed by atoms with Crippen molar-refractivity contribution in [3.05, 3.63) is 215 Å². The fourth-order valence-electron chi connectivity index (χ4n) is 8.43. The highest BCUT2D eigenvalue weighted by molar-refractivity contribution is 5.92. The first-order valence-corrected chi connectivity index (χ1v) is 25.2. The molecule has 6 aromatic rings. The zero-order valence-electron chi connectivity index (χ0n) is 41.8. The Morgan fingerprint density at radius 3 is 0.767 bits per heavy atom. The molecule has 0 unspecified atom stereocenters. The number of nitrogens with zero attached hydrogens (tertiary/aromatic N) is 5. The van der Waals surface area contributed by atoms with Crippen LogP contribution in [0.2, 0.25) is 0 Å². The predicted octanol–water partition coefficient (Wildman–Crippen LogP) is 5.66. The first-order valence-electron chi connectivity index (χ1n) is 25.2. The molecule has 13 nitrogen and oxygen atoms in total. The van der Waals surface area contributed by atoms with Crippen LogP contribution in [0.5, 0.6) is 0 Å². The maximum absolute atomic E-state index is 14.9. The Morgan fingerprint density at radius 2 is 0.521 bits per heavy atom. The minimum atomic E-state index is -0.674. The lowest BCUT2D eigenvalue weighted by Gasteiger charge is -2.32. The molecule has 73 heavy (non-hydrogen) atoms. The molecule has 0 atom stereocenters. The number of hydrogen-bond donors (Lipinski definition) is 2. The molecule has 380 valence electrons. The van der Waals surface area contributed by atoms with E-state index >= 15 is 0 Å². The molecule has 0 bridgehead atoms. The van der Waals surface area contributed by atoms with Crippen molar-refractivity contribution in [1.29, 1.82) is 0 Å². The van der Waals surface area contributed by atoms with Gasteiger partial charge in [0.1, 0.15) is 0 Å². The Labute approximate surface area is 430 Å². The Bertz CT molecular complexity index is 2610. The van der Waals surface area contributed by atoms with Gasteiger partial charge in [0, 0.05) is 32.7 Å². The highest BCUT2D eigenvalue weighted by Crippen LogP contribution is 2.12. The van der Waals surface area contributed by atoms with Gasteiger partial charge in [0.2, 0.25) is 35.4 Å². The van der Waals surface area contributed by atoms with Crippen molar-refractivity contribution in [2.75, 3.05) is 78.5 Å². The number of carbonyl (C=O) groups excluding carboxylic acids is 6. The number of nitrogens with one attached hydrogen (secondary N) is 1. The van der Waals surface area contributed by atoms with Crippen LogP contribution < -0.4 is 11.1 Å². The minimum absolute atomic E-state index is 0.0316. The van der Waals surface area contributed by atoms with Crippen LogP contribution in [0.15, 0.2) is 182 Å². The summed E-state index contributed by atoms with van der Waals surface area (Å²) in [6.45, 7) is -0.0405. The highest BCUT2D eigenvalue weighted by atomic mass is 16.2. The molecule has 0 aromatic heterocycles. The number of primary amides is 1. The monoisotopic (exact) mass is 984 g/mol. The number of rotatable bonds is 30. The number of hydrogen-bond acceptors (Lipinski definition) is 7. The Kier molecular flexibility index (Phi) is 22.4. The number of benzene rings is 6. The molecule has 3 N–H and O–H groups in total. The predicted molar refractivity (Wildman–Crippen MR) is 286 cm³/mol. The van der Waals surface area contributed by atoms with Gasteiger partial charge in [-0.1, -0.05) is 182 Å². The second-order valence-corrected chi connectivity index (χ2v) is 18.1. The molecule has 6 aromatic carbocycles. The molecule has 6 rings (SSSR count). The molecule has 0 heterocycles. The van der Waals surface area contributed by atoms with Crippen LogP contribution in [0.25, 0.3) is 0 Å². The summed E-state index contributed by atoms with van der Waals surface area (Å²) < 4.78 is 0. The summed E-state index contributed by atoms with van der Waals surface area (Å²) in [6, 6.07) is 58.3. The highest BCUT2D eigenvalue weighted by Gasteiger charge is 2.29. The first-order chi connectivity index (χ1) is 35.6. The molecule has 0 aliphatic rings. The van der Waals surface area contributed by atoms with E-state index in [1.165, 1.54) is 19.6 Å². The van der Waals surface area contributed by atoms with Crippen LogP contribution in [0.4, 0.5) is 0 Å². The second kappa shape index (κ2) is 30.1. The summed E-state index contributed by atoms with van der Waals surface area (Å²) in [5.41, 5.74) is 11.7. The molecule has 13 heteroatoms. The molecular formula is C60H69N7O6. The quantitative estimate of drug-likeness (QED) is 0.0552. The molecule has 0 aliphatic carbocycles. The number of nitrogens with two attached hydrogens (primary N) is 1. The Hall–Kier alpha value is -7.90. The largest absolute Gasteiger partial charge is 0.368 e. The normalized spacial score (nSPS) is 10.8. The Balaban J connectivity index is 1.23. The summed E-state index contributed by atoms with van der Waals surface area (Å²) in [4.78, 5) is 92.0. The number of amides is 6. The van der Waals surface area contributed by atoms with Gasteiger partial charge in [-0.2, -0.15) is 0 Å². The van der Waals surface area contributed by atoms with Crippen molar-refractivity contribution in [1.82, 2.24) is 29.8 Å². The van der Waals surface area contributed by atoms with E-state index in [0.29, 0.717) is 38.6 Å². The summed E-state index contributed by atoms with van der Waals surface area (Å²) in [5, 5.41) is 3.26.